The van der Waals surface area contributed by atoms with E-state index in [2.05, 4.69) is 47.6 Å². The molecule has 0 aromatic carbocycles. The first-order chi connectivity index (χ1) is 9.96. The van der Waals surface area contributed by atoms with E-state index in [1.54, 1.807) is 0 Å². The summed E-state index contributed by atoms with van der Waals surface area (Å²) < 4.78 is 0.233. The number of rotatable bonds is 7. The van der Waals surface area contributed by atoms with E-state index < -0.39 is 0 Å². The van der Waals surface area contributed by atoms with Crippen LogP contribution in [0.3, 0.4) is 0 Å². The van der Waals surface area contributed by atoms with Crippen LogP contribution in [0.15, 0.2) is 4.99 Å². The molecule has 1 atom stereocenters. The Hall–Kier alpha value is 0.310. The van der Waals surface area contributed by atoms with Crippen molar-refractivity contribution in [3.05, 3.63) is 0 Å². The fourth-order valence-corrected chi connectivity index (χ4v) is 2.72. The van der Waals surface area contributed by atoms with Crippen LogP contribution in [0.2, 0.25) is 0 Å². The number of guanidine groups is 1. The van der Waals surface area contributed by atoms with Crippen molar-refractivity contribution in [2.75, 3.05) is 46.0 Å². The summed E-state index contributed by atoms with van der Waals surface area (Å²) in [7, 11) is 1.84. The minimum atomic E-state index is 0. The summed E-state index contributed by atoms with van der Waals surface area (Å²) in [5.41, 5.74) is 0. The highest BCUT2D eigenvalue weighted by atomic mass is 127. The Balaban J connectivity index is 0.00000441. The molecule has 1 fully saturated rings. The van der Waals surface area contributed by atoms with Crippen molar-refractivity contribution >= 4 is 41.7 Å². The second-order valence-electron chi connectivity index (χ2n) is 6.74. The number of nitrogens with zero attached hydrogens (tertiary/aromatic N) is 2. The van der Waals surface area contributed by atoms with E-state index in [1.165, 1.54) is 38.9 Å². The van der Waals surface area contributed by atoms with Crippen molar-refractivity contribution in [2.24, 2.45) is 10.9 Å². The van der Waals surface area contributed by atoms with Crippen molar-refractivity contribution in [1.82, 2.24) is 15.5 Å². The van der Waals surface area contributed by atoms with Crippen LogP contribution in [0.25, 0.3) is 0 Å². The molecule has 0 aromatic rings. The van der Waals surface area contributed by atoms with E-state index in [0.29, 0.717) is 5.92 Å². The second kappa shape index (κ2) is 11.8. The van der Waals surface area contributed by atoms with Gasteiger partial charge in [-0.05, 0) is 52.0 Å². The molecule has 6 heteroatoms. The molecule has 1 aliphatic heterocycles. The van der Waals surface area contributed by atoms with Gasteiger partial charge in [-0.25, -0.2) is 0 Å². The highest BCUT2D eigenvalue weighted by Crippen LogP contribution is 2.19. The maximum Gasteiger partial charge on any atom is 0.191 e. The monoisotopic (exact) mass is 442 g/mol. The average Bonchev–Trinajstić information content (AvgIpc) is 2.48. The van der Waals surface area contributed by atoms with Crippen molar-refractivity contribution in [1.29, 1.82) is 0 Å². The van der Waals surface area contributed by atoms with Gasteiger partial charge in [0, 0.05) is 31.4 Å². The number of thioether (sulfide) groups is 1. The SMILES string of the molecule is CN=C(NCC(C)CN1CCCCC1)NCC(C)(C)SC.I. The van der Waals surface area contributed by atoms with Gasteiger partial charge in [0.15, 0.2) is 5.96 Å². The minimum absolute atomic E-state index is 0. The normalized spacial score (nSPS) is 18.5. The van der Waals surface area contributed by atoms with E-state index in [4.69, 9.17) is 0 Å². The van der Waals surface area contributed by atoms with Crippen LogP contribution in [0.1, 0.15) is 40.0 Å². The smallest absolute Gasteiger partial charge is 0.191 e. The Bertz CT molecular complexity index is 317. The predicted molar refractivity (Wildman–Crippen MR) is 112 cm³/mol. The molecule has 0 aliphatic carbocycles. The first-order valence-electron chi connectivity index (χ1n) is 8.19. The molecular weight excluding hydrogens is 407 g/mol. The molecule has 0 radical (unpaired) electrons. The van der Waals surface area contributed by atoms with Crippen LogP contribution in [0.5, 0.6) is 0 Å². The molecule has 22 heavy (non-hydrogen) atoms. The molecule has 1 aliphatic rings. The van der Waals surface area contributed by atoms with Crippen molar-refractivity contribution in [3.63, 3.8) is 0 Å². The van der Waals surface area contributed by atoms with Gasteiger partial charge in [-0.3, -0.25) is 4.99 Å². The number of hydrogen-bond donors (Lipinski definition) is 2. The van der Waals surface area contributed by atoms with Gasteiger partial charge in [0.2, 0.25) is 0 Å². The highest BCUT2D eigenvalue weighted by Gasteiger charge is 2.17. The summed E-state index contributed by atoms with van der Waals surface area (Å²) in [5.74, 6) is 1.57. The third kappa shape index (κ3) is 9.45. The zero-order valence-corrected chi connectivity index (χ0v) is 18.1. The lowest BCUT2D eigenvalue weighted by molar-refractivity contribution is 0.201. The van der Waals surface area contributed by atoms with Gasteiger partial charge in [-0.2, -0.15) is 11.8 Å². The lowest BCUT2D eigenvalue weighted by Gasteiger charge is -2.29. The second-order valence-corrected chi connectivity index (χ2v) is 8.25. The Labute approximate surface area is 158 Å². The maximum absolute atomic E-state index is 4.32. The quantitative estimate of drug-likeness (QED) is 0.361. The molecule has 0 aromatic heterocycles. The summed E-state index contributed by atoms with van der Waals surface area (Å²) in [6.45, 7) is 12.5. The van der Waals surface area contributed by atoms with Gasteiger partial charge in [-0.1, -0.05) is 13.3 Å². The Morgan fingerprint density at radius 3 is 2.41 bits per heavy atom. The fourth-order valence-electron chi connectivity index (χ4n) is 2.51. The predicted octanol–water partition coefficient (Wildman–Crippen LogP) is 3.03. The number of halogens is 1. The molecule has 0 saturated carbocycles. The van der Waals surface area contributed by atoms with Gasteiger partial charge in [-0.15, -0.1) is 24.0 Å². The zero-order chi connectivity index (χ0) is 15.7. The van der Waals surface area contributed by atoms with Crippen LogP contribution in [0, 0.1) is 5.92 Å². The summed E-state index contributed by atoms with van der Waals surface area (Å²) in [4.78, 5) is 6.92. The largest absolute Gasteiger partial charge is 0.356 e. The molecule has 0 amide bonds. The fraction of sp³-hybridized carbons (Fsp3) is 0.938. The van der Waals surface area contributed by atoms with Crippen LogP contribution >= 0.6 is 35.7 Å². The minimum Gasteiger partial charge on any atom is -0.356 e. The summed E-state index contributed by atoms with van der Waals surface area (Å²) >= 11 is 1.88. The van der Waals surface area contributed by atoms with Crippen molar-refractivity contribution in [3.8, 4) is 0 Å². The summed E-state index contributed by atoms with van der Waals surface area (Å²) in [6, 6.07) is 0. The first-order valence-corrected chi connectivity index (χ1v) is 9.41. The van der Waals surface area contributed by atoms with Gasteiger partial charge in [0.25, 0.3) is 0 Å². The van der Waals surface area contributed by atoms with Gasteiger partial charge in [0.05, 0.1) is 0 Å². The Morgan fingerprint density at radius 2 is 1.86 bits per heavy atom. The van der Waals surface area contributed by atoms with E-state index in [9.17, 15) is 0 Å². The number of hydrogen-bond acceptors (Lipinski definition) is 3. The van der Waals surface area contributed by atoms with Crippen LogP contribution in [0.4, 0.5) is 0 Å². The first kappa shape index (κ1) is 22.3. The van der Waals surface area contributed by atoms with Crippen LogP contribution < -0.4 is 10.6 Å². The summed E-state index contributed by atoms with van der Waals surface area (Å²) in [5, 5.41) is 6.88. The molecule has 1 unspecified atom stereocenters. The van der Waals surface area contributed by atoms with Crippen LogP contribution in [-0.4, -0.2) is 61.6 Å². The zero-order valence-electron chi connectivity index (χ0n) is 14.9. The molecule has 2 N–H and O–H groups in total. The maximum atomic E-state index is 4.32. The Kier molecular flexibility index (Phi) is 12.0. The Morgan fingerprint density at radius 1 is 1.23 bits per heavy atom. The van der Waals surface area contributed by atoms with Crippen molar-refractivity contribution in [2.45, 2.75) is 44.8 Å². The molecule has 4 nitrogen and oxygen atoms in total. The third-order valence-electron chi connectivity index (χ3n) is 4.09. The molecule has 1 heterocycles. The van der Waals surface area contributed by atoms with Gasteiger partial charge < -0.3 is 15.5 Å². The average molecular weight is 442 g/mol. The van der Waals surface area contributed by atoms with Crippen molar-refractivity contribution < 1.29 is 0 Å². The lowest BCUT2D eigenvalue weighted by atomic mass is 10.1. The molecule has 132 valence electrons. The van der Waals surface area contributed by atoms with E-state index in [-0.39, 0.29) is 28.7 Å². The number of nitrogens with one attached hydrogen (secondary N) is 2. The topological polar surface area (TPSA) is 39.7 Å². The van der Waals surface area contributed by atoms with E-state index in [1.807, 2.05) is 18.8 Å². The number of aliphatic imine (C=N–C) groups is 1. The molecule has 1 rings (SSSR count). The summed E-state index contributed by atoms with van der Waals surface area (Å²) in [6.07, 6.45) is 6.30. The van der Waals surface area contributed by atoms with Gasteiger partial charge in [0.1, 0.15) is 0 Å². The van der Waals surface area contributed by atoms with Gasteiger partial charge >= 0.3 is 0 Å². The number of piperidine rings is 1. The van der Waals surface area contributed by atoms with E-state index >= 15 is 0 Å². The standard InChI is InChI=1S/C16H34N4S.HI/c1-14(12-20-9-7-6-8-10-20)11-18-15(17-4)19-13-16(2,3)21-5;/h14H,6-13H2,1-5H3,(H2,17,18,19);1H. The molecule has 0 bridgehead atoms. The molecule has 1 saturated heterocycles. The van der Waals surface area contributed by atoms with E-state index in [0.717, 1.165) is 19.0 Å². The molecule has 0 spiro atoms. The highest BCUT2D eigenvalue weighted by molar-refractivity contribution is 14.0. The third-order valence-corrected chi connectivity index (χ3v) is 5.34. The van der Waals surface area contributed by atoms with Crippen LogP contribution in [-0.2, 0) is 0 Å². The molecular formula is C16H35IN4S. The lowest BCUT2D eigenvalue weighted by Crippen LogP contribution is -2.45. The number of likely N-dealkylation sites (tertiary alicyclic amines) is 1.